The van der Waals surface area contributed by atoms with Gasteiger partial charge in [0.15, 0.2) is 5.82 Å². The molecule has 60 valence electrons. The topological polar surface area (TPSA) is 12.9 Å². The summed E-state index contributed by atoms with van der Waals surface area (Å²) in [6.07, 6.45) is 1.63. The monoisotopic (exact) mass is 207 g/mol. The van der Waals surface area contributed by atoms with E-state index >= 15 is 0 Å². The maximum atomic E-state index is 12.9. The van der Waals surface area contributed by atoms with Gasteiger partial charge in [-0.3, -0.25) is 0 Å². The number of hydrogen-bond acceptors (Lipinski definition) is 4. The quantitative estimate of drug-likeness (QED) is 0.591. The van der Waals surface area contributed by atoms with E-state index in [2.05, 4.69) is 16.6 Å². The van der Waals surface area contributed by atoms with E-state index < -0.39 is 0 Å². The zero-order chi connectivity index (χ0) is 8.27. The number of aryl methyl sites for hydroxylation is 1. The van der Waals surface area contributed by atoms with Gasteiger partial charge in [0.1, 0.15) is 5.03 Å². The molecule has 0 saturated carbocycles. The van der Waals surface area contributed by atoms with E-state index in [-0.39, 0.29) is 5.82 Å². The molecule has 0 N–H and O–H groups in total. The second-order valence-electron chi connectivity index (χ2n) is 1.96. The van der Waals surface area contributed by atoms with E-state index in [0.29, 0.717) is 5.03 Å². The first kappa shape index (κ1) is 9.22. The Kier molecular flexibility index (Phi) is 3.54. The summed E-state index contributed by atoms with van der Waals surface area (Å²) < 4.78 is 12.9. The summed E-state index contributed by atoms with van der Waals surface area (Å²) in [4.78, 5) is 3.89. The molecule has 0 aliphatic carbocycles. The summed E-state index contributed by atoms with van der Waals surface area (Å²) >= 11 is 3.88. The highest BCUT2D eigenvalue weighted by Gasteiger charge is 2.02. The van der Waals surface area contributed by atoms with E-state index in [0.717, 1.165) is 5.56 Å². The van der Waals surface area contributed by atoms with E-state index in [1.165, 1.54) is 26.7 Å². The van der Waals surface area contributed by atoms with Crippen LogP contribution in [0.5, 0.6) is 0 Å². The van der Waals surface area contributed by atoms with Crippen LogP contribution in [0.2, 0.25) is 0 Å². The van der Waals surface area contributed by atoms with Gasteiger partial charge in [0.25, 0.3) is 0 Å². The van der Waals surface area contributed by atoms with Gasteiger partial charge in [-0.25, -0.2) is 9.37 Å². The van der Waals surface area contributed by atoms with Crippen LogP contribution in [0.3, 0.4) is 0 Å². The van der Waals surface area contributed by atoms with Crippen molar-refractivity contribution < 1.29 is 4.39 Å². The fourth-order valence-corrected chi connectivity index (χ4v) is 2.14. The molecule has 0 atom stereocenters. The minimum Gasteiger partial charge on any atom is -0.246 e. The number of thiol groups is 1. The van der Waals surface area contributed by atoms with Crippen LogP contribution in [-0.2, 0) is 0 Å². The highest BCUT2D eigenvalue weighted by Crippen LogP contribution is 2.33. The summed E-state index contributed by atoms with van der Waals surface area (Å²) in [7, 11) is 2.39. The highest BCUT2D eigenvalue weighted by atomic mass is 33.5. The van der Waals surface area contributed by atoms with Crippen LogP contribution in [0.25, 0.3) is 0 Å². The maximum absolute atomic E-state index is 12.9. The van der Waals surface area contributed by atoms with Crippen molar-refractivity contribution in [1.29, 1.82) is 0 Å². The molecule has 0 aliphatic rings. The molecule has 0 spiro atoms. The summed E-state index contributed by atoms with van der Waals surface area (Å²) in [5.74, 6) is -0.281. The predicted molar refractivity (Wildman–Crippen MR) is 51.4 cm³/mol. The third kappa shape index (κ3) is 2.57. The molecule has 0 unspecified atom stereocenters. The van der Waals surface area contributed by atoms with Crippen molar-refractivity contribution in [2.24, 2.45) is 0 Å². The smallest absolute Gasteiger partial charge is 0.156 e. The molecule has 5 heteroatoms. The van der Waals surface area contributed by atoms with Gasteiger partial charge < -0.3 is 0 Å². The van der Waals surface area contributed by atoms with Gasteiger partial charge in [0.05, 0.1) is 0 Å². The Morgan fingerprint density at radius 3 is 2.91 bits per heavy atom. The molecule has 0 amide bonds. The van der Waals surface area contributed by atoms with Crippen LogP contribution in [0, 0.1) is 12.7 Å². The Labute approximate surface area is 77.4 Å². The van der Waals surface area contributed by atoms with Gasteiger partial charge in [-0.05, 0) is 39.2 Å². The molecule has 1 nitrogen and oxygen atoms in total. The fraction of sp³-hybridized carbons (Fsp3) is 0.167. The molecule has 0 aliphatic heterocycles. The first-order chi connectivity index (χ1) is 5.24. The Morgan fingerprint density at radius 1 is 1.64 bits per heavy atom. The average Bonchev–Trinajstić information content (AvgIpc) is 1.95. The lowest BCUT2D eigenvalue weighted by Crippen LogP contribution is -1.85. The Balaban J connectivity index is 2.90. The van der Waals surface area contributed by atoms with Gasteiger partial charge in [-0.1, -0.05) is 11.7 Å². The predicted octanol–water partition coefficient (Wildman–Crippen LogP) is 3.11. The lowest BCUT2D eigenvalue weighted by atomic mass is 10.3. The summed E-state index contributed by atoms with van der Waals surface area (Å²) in [5.41, 5.74) is 0.830. The molecule has 0 saturated heterocycles. The van der Waals surface area contributed by atoms with Gasteiger partial charge in [0.2, 0.25) is 0 Å². The van der Waals surface area contributed by atoms with E-state index in [9.17, 15) is 4.39 Å². The number of hydrogen-bond donors (Lipinski definition) is 1. The lowest BCUT2D eigenvalue weighted by molar-refractivity contribution is 0.587. The Bertz CT molecular complexity index is 254. The second kappa shape index (κ2) is 4.23. The third-order valence-corrected chi connectivity index (χ3v) is 2.96. The number of halogens is 1. The van der Waals surface area contributed by atoms with Crippen LogP contribution in [-0.4, -0.2) is 4.98 Å². The molecule has 0 bridgehead atoms. The number of pyridine rings is 1. The molecule has 0 aromatic carbocycles. The van der Waals surface area contributed by atoms with Crippen LogP contribution in [0.15, 0.2) is 17.3 Å². The van der Waals surface area contributed by atoms with Crippen molar-refractivity contribution in [2.75, 3.05) is 0 Å². The molecule has 0 radical (unpaired) electrons. The Morgan fingerprint density at radius 2 is 2.36 bits per heavy atom. The summed E-state index contributed by atoms with van der Waals surface area (Å²) in [5, 5.41) is 0.385. The molecular weight excluding hydrogens is 201 g/mol. The van der Waals surface area contributed by atoms with Crippen molar-refractivity contribution in [1.82, 2.24) is 4.98 Å². The number of nitrogens with zero attached hydrogens (tertiary/aromatic N) is 1. The lowest BCUT2D eigenvalue weighted by Gasteiger charge is -1.98. The number of aromatic nitrogens is 1. The van der Waals surface area contributed by atoms with Crippen LogP contribution < -0.4 is 0 Å². The van der Waals surface area contributed by atoms with Gasteiger partial charge in [0, 0.05) is 6.20 Å². The van der Waals surface area contributed by atoms with Crippen molar-refractivity contribution >= 4 is 32.3 Å². The number of rotatable bonds is 2. The molecule has 0 fully saturated rings. The van der Waals surface area contributed by atoms with Crippen LogP contribution in [0.4, 0.5) is 4.39 Å². The zero-order valence-corrected chi connectivity index (χ0v) is 8.27. The van der Waals surface area contributed by atoms with Crippen LogP contribution >= 0.6 is 32.3 Å². The molecule has 1 aromatic heterocycles. The summed E-state index contributed by atoms with van der Waals surface area (Å²) in [6, 6.07) is 1.46. The van der Waals surface area contributed by atoms with E-state index in [4.69, 9.17) is 0 Å². The van der Waals surface area contributed by atoms with E-state index in [1.807, 2.05) is 0 Å². The molecule has 11 heavy (non-hydrogen) atoms. The van der Waals surface area contributed by atoms with Crippen molar-refractivity contribution in [3.63, 3.8) is 0 Å². The van der Waals surface area contributed by atoms with Crippen LogP contribution in [0.1, 0.15) is 5.56 Å². The molecule has 1 aromatic rings. The standard InChI is InChI=1S/C6H6FNS3/c1-4-2-5(7)6(8-3-4)10-11-9/h2-3,9H,1H3. The SMILES string of the molecule is Cc1cnc(SSS)c(F)c1. The highest BCUT2D eigenvalue weighted by molar-refractivity contribution is 9.05. The normalized spacial score (nSPS) is 10.1. The fourth-order valence-electron chi connectivity index (χ4n) is 0.618. The maximum Gasteiger partial charge on any atom is 0.156 e. The van der Waals surface area contributed by atoms with Crippen molar-refractivity contribution in [3.05, 3.63) is 23.6 Å². The summed E-state index contributed by atoms with van der Waals surface area (Å²) in [6.45, 7) is 1.80. The van der Waals surface area contributed by atoms with Crippen molar-refractivity contribution in [3.8, 4) is 0 Å². The molecule has 1 rings (SSSR count). The first-order valence-corrected chi connectivity index (χ1v) is 6.04. The molecule has 1 heterocycles. The minimum absolute atomic E-state index is 0.281. The largest absolute Gasteiger partial charge is 0.246 e. The third-order valence-electron chi connectivity index (χ3n) is 1.06. The Hall–Kier alpha value is 0.130. The average molecular weight is 207 g/mol. The van der Waals surface area contributed by atoms with Crippen molar-refractivity contribution in [2.45, 2.75) is 11.9 Å². The van der Waals surface area contributed by atoms with E-state index in [1.54, 1.807) is 13.1 Å². The van der Waals surface area contributed by atoms with Gasteiger partial charge in [-0.15, -0.1) is 0 Å². The first-order valence-electron chi connectivity index (χ1n) is 2.84. The second-order valence-corrected chi connectivity index (χ2v) is 4.95. The zero-order valence-electron chi connectivity index (χ0n) is 5.74. The molecular formula is C6H6FNS3. The van der Waals surface area contributed by atoms with Gasteiger partial charge >= 0.3 is 0 Å². The minimum atomic E-state index is -0.281. The van der Waals surface area contributed by atoms with Gasteiger partial charge in [-0.2, -0.15) is 0 Å².